The second-order valence-corrected chi connectivity index (χ2v) is 10.1. The van der Waals surface area contributed by atoms with E-state index in [2.05, 4.69) is 100 Å². The quantitative estimate of drug-likeness (QED) is 0.506. The van der Waals surface area contributed by atoms with Crippen LogP contribution in [0.4, 0.5) is 0 Å². The first-order chi connectivity index (χ1) is 12.1. The molecule has 25 heavy (non-hydrogen) atoms. The van der Waals surface area contributed by atoms with Gasteiger partial charge in [-0.1, -0.05) is 89.5 Å². The van der Waals surface area contributed by atoms with E-state index in [-0.39, 0.29) is 0 Å². The molecule has 128 valence electrons. The fourth-order valence-electron chi connectivity index (χ4n) is 3.56. The van der Waals surface area contributed by atoms with Gasteiger partial charge in [-0.05, 0) is 43.3 Å². The Hall–Kier alpha value is -2.16. The minimum absolute atomic E-state index is 0.696. The molecule has 1 nitrogen and oxygen atoms in total. The molecule has 0 unspecified atom stereocenters. The number of aryl methyl sites for hydroxylation is 3. The summed E-state index contributed by atoms with van der Waals surface area (Å²) in [6.07, 6.45) is 0. The van der Waals surface area contributed by atoms with E-state index in [0.717, 1.165) is 0 Å². The highest BCUT2D eigenvalue weighted by molar-refractivity contribution is 7.07. The van der Waals surface area contributed by atoms with Crippen LogP contribution in [-0.4, -0.2) is 14.9 Å². The van der Waals surface area contributed by atoms with Crippen molar-refractivity contribution in [2.75, 3.05) is 6.61 Å². The maximum atomic E-state index is 6.69. The number of hydrogen-bond acceptors (Lipinski definition) is 1. The van der Waals surface area contributed by atoms with Crippen molar-refractivity contribution in [1.82, 2.24) is 0 Å². The first kappa shape index (κ1) is 17.7. The highest BCUT2D eigenvalue weighted by atomic mass is 28.4. The minimum Gasteiger partial charge on any atom is -0.405 e. The molecule has 0 saturated heterocycles. The summed E-state index contributed by atoms with van der Waals surface area (Å²) in [7, 11) is -2.52. The van der Waals surface area contributed by atoms with Crippen LogP contribution in [0, 0.1) is 20.8 Å². The average Bonchev–Trinajstić information content (AvgIpc) is 2.59. The van der Waals surface area contributed by atoms with Crippen molar-refractivity contribution in [3.63, 3.8) is 0 Å². The topological polar surface area (TPSA) is 9.23 Å². The zero-order chi connectivity index (χ0) is 17.9. The Bertz CT molecular complexity index is 758. The number of benzene rings is 3. The van der Waals surface area contributed by atoms with E-state index in [0.29, 0.717) is 6.61 Å². The third kappa shape index (κ3) is 3.46. The predicted molar refractivity (Wildman–Crippen MR) is 110 cm³/mol. The van der Waals surface area contributed by atoms with Crippen LogP contribution in [0.15, 0.2) is 72.8 Å². The maximum absolute atomic E-state index is 6.69. The summed E-state index contributed by atoms with van der Waals surface area (Å²) in [6, 6.07) is 26.5. The van der Waals surface area contributed by atoms with E-state index < -0.39 is 8.32 Å². The highest BCUT2D eigenvalue weighted by Gasteiger charge is 2.41. The molecule has 0 spiro atoms. The molecule has 0 bridgehead atoms. The van der Waals surface area contributed by atoms with Crippen molar-refractivity contribution in [2.45, 2.75) is 27.7 Å². The van der Waals surface area contributed by atoms with Crippen LogP contribution >= 0.6 is 0 Å². The lowest BCUT2D eigenvalue weighted by Gasteiger charge is -2.33. The van der Waals surface area contributed by atoms with Crippen LogP contribution in [0.1, 0.15) is 23.6 Å². The summed E-state index contributed by atoms with van der Waals surface area (Å²) < 4.78 is 6.69. The van der Waals surface area contributed by atoms with Gasteiger partial charge >= 0.3 is 0 Å². The van der Waals surface area contributed by atoms with Gasteiger partial charge in [-0.2, -0.15) is 0 Å². The molecule has 0 atom stereocenters. The summed E-state index contributed by atoms with van der Waals surface area (Å²) in [5.41, 5.74) is 3.82. The lowest BCUT2D eigenvalue weighted by Crippen LogP contribution is -2.69. The first-order valence-electron chi connectivity index (χ1n) is 8.91. The van der Waals surface area contributed by atoms with Crippen LogP contribution in [0.2, 0.25) is 0 Å². The molecule has 0 aliphatic rings. The Morgan fingerprint density at radius 1 is 0.640 bits per heavy atom. The largest absolute Gasteiger partial charge is 0.405 e. The zero-order valence-corrected chi connectivity index (χ0v) is 16.5. The van der Waals surface area contributed by atoms with E-state index in [1.807, 2.05) is 0 Å². The van der Waals surface area contributed by atoms with Gasteiger partial charge in [-0.15, -0.1) is 0 Å². The molecule has 0 aliphatic heterocycles. The van der Waals surface area contributed by atoms with Crippen molar-refractivity contribution in [3.05, 3.63) is 89.5 Å². The van der Waals surface area contributed by atoms with Gasteiger partial charge in [0.25, 0.3) is 8.32 Å². The van der Waals surface area contributed by atoms with Gasteiger partial charge in [-0.25, -0.2) is 0 Å². The van der Waals surface area contributed by atoms with Crippen LogP contribution in [0.25, 0.3) is 0 Å². The predicted octanol–water partition coefficient (Wildman–Crippen LogP) is 3.62. The van der Waals surface area contributed by atoms with E-state index in [9.17, 15) is 0 Å². The monoisotopic (exact) mass is 346 g/mol. The molecule has 0 aromatic heterocycles. The lowest BCUT2D eigenvalue weighted by atomic mass is 10.2. The summed E-state index contributed by atoms with van der Waals surface area (Å²) >= 11 is 0. The van der Waals surface area contributed by atoms with Gasteiger partial charge in [0.1, 0.15) is 0 Å². The molecule has 0 fully saturated rings. The maximum Gasteiger partial charge on any atom is 0.288 e. The van der Waals surface area contributed by atoms with Crippen LogP contribution < -0.4 is 15.6 Å². The van der Waals surface area contributed by atoms with Gasteiger partial charge in [0, 0.05) is 6.61 Å². The van der Waals surface area contributed by atoms with Crippen molar-refractivity contribution in [1.29, 1.82) is 0 Å². The summed E-state index contributed by atoms with van der Waals surface area (Å²) in [6.45, 7) is 9.26. The molecule has 0 heterocycles. The molecule has 3 aromatic carbocycles. The molecule has 3 aromatic rings. The molecule has 0 saturated carbocycles. The highest BCUT2D eigenvalue weighted by Crippen LogP contribution is 2.12. The molecule has 3 rings (SSSR count). The van der Waals surface area contributed by atoms with Crippen LogP contribution in [0.3, 0.4) is 0 Å². The number of rotatable bonds is 5. The number of hydrogen-bond donors (Lipinski definition) is 0. The normalized spacial score (nSPS) is 11.5. The van der Waals surface area contributed by atoms with Gasteiger partial charge in [-0.3, -0.25) is 0 Å². The third-order valence-electron chi connectivity index (χ3n) is 4.63. The van der Waals surface area contributed by atoms with E-state index >= 15 is 0 Å². The van der Waals surface area contributed by atoms with E-state index in [1.54, 1.807) is 0 Å². The van der Waals surface area contributed by atoms with E-state index in [4.69, 9.17) is 4.43 Å². The second-order valence-electron chi connectivity index (χ2n) is 6.72. The second kappa shape index (κ2) is 7.38. The van der Waals surface area contributed by atoms with Crippen molar-refractivity contribution in [2.24, 2.45) is 0 Å². The van der Waals surface area contributed by atoms with Gasteiger partial charge < -0.3 is 4.43 Å². The molecule has 2 heteroatoms. The standard InChI is InChI=1S/C23H26OSi/c1-5-24-25(21-12-6-9-18(2)15-21,22-13-7-10-19(3)16-22)23-14-8-11-20(4)17-23/h6-17H,5H2,1-4H3. The van der Waals surface area contributed by atoms with Crippen molar-refractivity contribution >= 4 is 23.9 Å². The Morgan fingerprint density at radius 2 is 1.00 bits per heavy atom. The van der Waals surface area contributed by atoms with Crippen molar-refractivity contribution < 1.29 is 4.43 Å². The van der Waals surface area contributed by atoms with Gasteiger partial charge in [0.15, 0.2) is 0 Å². The summed E-state index contributed by atoms with van der Waals surface area (Å²) in [5, 5.41) is 3.93. The average molecular weight is 347 g/mol. The minimum atomic E-state index is -2.52. The Balaban J connectivity index is 2.36. The molecule has 0 aliphatic carbocycles. The zero-order valence-electron chi connectivity index (χ0n) is 15.5. The molecular weight excluding hydrogens is 320 g/mol. The molecular formula is C23H26OSi. The Kier molecular flexibility index (Phi) is 5.21. The fraction of sp³-hybridized carbons (Fsp3) is 0.217. The summed E-state index contributed by atoms with van der Waals surface area (Å²) in [4.78, 5) is 0. The molecule has 0 N–H and O–H groups in total. The Morgan fingerprint density at radius 3 is 1.28 bits per heavy atom. The smallest absolute Gasteiger partial charge is 0.288 e. The SMILES string of the molecule is CCO[Si](c1cccc(C)c1)(c1cccc(C)c1)c1cccc(C)c1. The third-order valence-corrected chi connectivity index (χ3v) is 8.73. The van der Waals surface area contributed by atoms with Crippen molar-refractivity contribution in [3.8, 4) is 0 Å². The molecule has 0 amide bonds. The van der Waals surface area contributed by atoms with Gasteiger partial charge in [0.05, 0.1) is 0 Å². The Labute approximate surface area is 152 Å². The van der Waals surface area contributed by atoms with Gasteiger partial charge in [0.2, 0.25) is 0 Å². The molecule has 0 radical (unpaired) electrons. The van der Waals surface area contributed by atoms with Crippen LogP contribution in [0.5, 0.6) is 0 Å². The van der Waals surface area contributed by atoms with Crippen LogP contribution in [-0.2, 0) is 4.43 Å². The first-order valence-corrected chi connectivity index (χ1v) is 10.8. The van der Waals surface area contributed by atoms with E-state index in [1.165, 1.54) is 32.3 Å². The lowest BCUT2D eigenvalue weighted by molar-refractivity contribution is 0.347. The fourth-order valence-corrected chi connectivity index (χ4v) is 7.78. The summed E-state index contributed by atoms with van der Waals surface area (Å²) in [5.74, 6) is 0.